The number of amides is 1. The number of rotatable bonds is 2. The summed E-state index contributed by atoms with van der Waals surface area (Å²) in [5, 5.41) is 2.96. The Kier molecular flexibility index (Phi) is 3.18. The molecular formula is C14H19NO. The van der Waals surface area contributed by atoms with Crippen molar-refractivity contribution in [2.75, 3.05) is 5.32 Å². The number of aryl methyl sites for hydroxylation is 1. The van der Waals surface area contributed by atoms with Crippen LogP contribution >= 0.6 is 0 Å². The Morgan fingerprint density at radius 1 is 1.25 bits per heavy atom. The second kappa shape index (κ2) is 5.15. The van der Waals surface area contributed by atoms with Gasteiger partial charge in [0, 0.05) is 13.0 Å². The van der Waals surface area contributed by atoms with Gasteiger partial charge in [0.2, 0.25) is 5.91 Å². The molecule has 0 aliphatic heterocycles. The van der Waals surface area contributed by atoms with Crippen molar-refractivity contribution in [2.45, 2.75) is 39.0 Å². The summed E-state index contributed by atoms with van der Waals surface area (Å²) in [5.74, 6) is 0.350. The van der Waals surface area contributed by atoms with Crippen molar-refractivity contribution in [1.82, 2.24) is 0 Å². The molecule has 0 spiro atoms. The van der Waals surface area contributed by atoms with Crippen molar-refractivity contribution in [3.63, 3.8) is 0 Å². The molecule has 0 bridgehead atoms. The Balaban J connectivity index is 1.92. The molecule has 1 aromatic rings. The Hall–Kier alpha value is -1.31. The molecule has 1 aromatic carbocycles. The van der Waals surface area contributed by atoms with E-state index < -0.39 is 0 Å². The van der Waals surface area contributed by atoms with E-state index in [0.29, 0.717) is 0 Å². The predicted octanol–water partition coefficient (Wildman–Crippen LogP) is 3.51. The smallest absolute Gasteiger partial charge is 0.227 e. The predicted molar refractivity (Wildman–Crippen MR) is 66.4 cm³/mol. The van der Waals surface area contributed by atoms with Crippen LogP contribution in [0.15, 0.2) is 24.3 Å². The van der Waals surface area contributed by atoms with Gasteiger partial charge in [-0.25, -0.2) is 0 Å². The molecule has 16 heavy (non-hydrogen) atoms. The van der Waals surface area contributed by atoms with E-state index in [4.69, 9.17) is 1.37 Å². The van der Waals surface area contributed by atoms with Gasteiger partial charge in [0.1, 0.15) is 0 Å². The summed E-state index contributed by atoms with van der Waals surface area (Å²) in [6.07, 6.45) is 5.67. The van der Waals surface area contributed by atoms with Crippen LogP contribution in [0.5, 0.6) is 0 Å². The normalized spacial score (nSPS) is 17.9. The van der Waals surface area contributed by atoms with Crippen LogP contribution in [0.25, 0.3) is 0 Å². The van der Waals surface area contributed by atoms with Gasteiger partial charge in [-0.1, -0.05) is 37.0 Å². The maximum atomic E-state index is 12.0. The van der Waals surface area contributed by atoms with Crippen LogP contribution in [0, 0.1) is 12.8 Å². The van der Waals surface area contributed by atoms with Crippen molar-refractivity contribution >= 4 is 11.6 Å². The molecule has 1 aliphatic carbocycles. The lowest BCUT2D eigenvalue weighted by Crippen LogP contribution is -2.24. The maximum absolute atomic E-state index is 12.0. The van der Waals surface area contributed by atoms with E-state index in [1.54, 1.807) is 0 Å². The van der Waals surface area contributed by atoms with E-state index in [-0.39, 0.29) is 18.7 Å². The number of carbonyl (C=O) groups excluding carboxylic acids is 1. The first kappa shape index (κ1) is 9.88. The minimum Gasteiger partial charge on any atom is -0.326 e. The van der Waals surface area contributed by atoms with Gasteiger partial charge in [-0.3, -0.25) is 4.79 Å². The topological polar surface area (TPSA) is 29.1 Å². The standard InChI is InChI=1S/C14H19NO/c1-11-7-9-13(10-8-11)15-14(16)12-5-3-2-4-6-12/h7-10,12H,2-6H2,1H3,(H,15,16)/i1D. The Labute approximate surface area is 98.5 Å². The van der Waals surface area contributed by atoms with E-state index in [1.807, 2.05) is 24.3 Å². The van der Waals surface area contributed by atoms with E-state index in [1.165, 1.54) is 19.3 Å². The van der Waals surface area contributed by atoms with Crippen molar-refractivity contribution in [1.29, 1.82) is 0 Å². The summed E-state index contributed by atoms with van der Waals surface area (Å²) < 4.78 is 7.23. The number of benzene rings is 1. The van der Waals surface area contributed by atoms with E-state index in [2.05, 4.69) is 5.32 Å². The maximum Gasteiger partial charge on any atom is 0.227 e. The monoisotopic (exact) mass is 218 g/mol. The molecule has 1 N–H and O–H groups in total. The number of hydrogen-bond acceptors (Lipinski definition) is 1. The molecule has 0 saturated heterocycles. The molecule has 2 rings (SSSR count). The first-order valence-corrected chi connectivity index (χ1v) is 5.98. The molecule has 2 heteroatoms. The third-order valence-corrected chi connectivity index (χ3v) is 3.20. The zero-order valence-electron chi connectivity index (χ0n) is 10.5. The van der Waals surface area contributed by atoms with E-state index >= 15 is 0 Å². The van der Waals surface area contributed by atoms with Gasteiger partial charge in [-0.05, 0) is 31.9 Å². The average molecular weight is 218 g/mol. The summed E-state index contributed by atoms with van der Waals surface area (Å²) in [5.41, 5.74) is 1.82. The second-order valence-electron chi connectivity index (χ2n) is 4.52. The van der Waals surface area contributed by atoms with Crippen LogP contribution in [0.1, 0.15) is 39.0 Å². The van der Waals surface area contributed by atoms with Crippen LogP contribution < -0.4 is 5.32 Å². The summed E-state index contributed by atoms with van der Waals surface area (Å²) in [4.78, 5) is 12.0. The summed E-state index contributed by atoms with van der Waals surface area (Å²) in [7, 11) is 0. The van der Waals surface area contributed by atoms with Crippen LogP contribution in [0.2, 0.25) is 0 Å². The molecule has 86 valence electrons. The van der Waals surface area contributed by atoms with Gasteiger partial charge in [0.25, 0.3) is 0 Å². The summed E-state index contributed by atoms with van der Waals surface area (Å²) in [6, 6.07) is 7.54. The minimum atomic E-state index is 0.156. The second-order valence-corrected chi connectivity index (χ2v) is 4.52. The number of carbonyl (C=O) groups is 1. The van der Waals surface area contributed by atoms with Crippen molar-refractivity contribution in [3.05, 3.63) is 29.8 Å². The molecular weight excluding hydrogens is 198 g/mol. The van der Waals surface area contributed by atoms with Gasteiger partial charge in [0.15, 0.2) is 0 Å². The highest BCUT2D eigenvalue weighted by Gasteiger charge is 2.20. The Morgan fingerprint density at radius 2 is 1.94 bits per heavy atom. The van der Waals surface area contributed by atoms with Gasteiger partial charge in [-0.15, -0.1) is 0 Å². The molecule has 0 heterocycles. The SMILES string of the molecule is [2H]Cc1ccc(NC(=O)C2CCCCC2)cc1. The third kappa shape index (κ3) is 2.84. The lowest BCUT2D eigenvalue weighted by atomic mass is 9.88. The third-order valence-electron chi connectivity index (χ3n) is 3.20. The fourth-order valence-electron chi connectivity index (χ4n) is 2.20. The summed E-state index contributed by atoms with van der Waals surface area (Å²) >= 11 is 0. The minimum absolute atomic E-state index is 0.156. The van der Waals surface area contributed by atoms with Crippen molar-refractivity contribution in [2.24, 2.45) is 5.92 Å². The number of hydrogen-bond donors (Lipinski definition) is 1. The zero-order valence-corrected chi connectivity index (χ0v) is 9.54. The average Bonchev–Trinajstić information content (AvgIpc) is 2.40. The first-order valence-electron chi connectivity index (χ1n) is 6.69. The molecule has 2 nitrogen and oxygen atoms in total. The number of anilines is 1. The van der Waals surface area contributed by atoms with E-state index in [0.717, 1.165) is 24.1 Å². The first-order chi connectivity index (χ1) is 8.29. The molecule has 0 unspecified atom stereocenters. The van der Waals surface area contributed by atoms with E-state index in [9.17, 15) is 4.79 Å². The molecule has 1 aliphatic rings. The van der Waals surface area contributed by atoms with Crippen molar-refractivity contribution < 1.29 is 6.17 Å². The Bertz CT molecular complexity index is 368. The molecule has 1 amide bonds. The fourth-order valence-corrected chi connectivity index (χ4v) is 2.20. The zero-order chi connectivity index (χ0) is 12.1. The van der Waals surface area contributed by atoms with Gasteiger partial charge in [-0.2, -0.15) is 0 Å². The quantitative estimate of drug-likeness (QED) is 0.808. The van der Waals surface area contributed by atoms with Crippen LogP contribution in [-0.2, 0) is 4.79 Å². The fraction of sp³-hybridized carbons (Fsp3) is 0.500. The lowest BCUT2D eigenvalue weighted by molar-refractivity contribution is -0.120. The number of nitrogens with one attached hydrogen (secondary N) is 1. The Morgan fingerprint density at radius 3 is 2.56 bits per heavy atom. The van der Waals surface area contributed by atoms with Crippen LogP contribution in [-0.4, -0.2) is 5.91 Å². The van der Waals surface area contributed by atoms with Crippen LogP contribution in [0.4, 0.5) is 5.69 Å². The molecule has 0 radical (unpaired) electrons. The van der Waals surface area contributed by atoms with Gasteiger partial charge >= 0.3 is 0 Å². The largest absolute Gasteiger partial charge is 0.326 e. The highest BCUT2D eigenvalue weighted by Crippen LogP contribution is 2.24. The van der Waals surface area contributed by atoms with Crippen LogP contribution in [0.3, 0.4) is 0 Å². The highest BCUT2D eigenvalue weighted by molar-refractivity contribution is 5.92. The lowest BCUT2D eigenvalue weighted by Gasteiger charge is -2.20. The highest BCUT2D eigenvalue weighted by atomic mass is 16.1. The molecule has 0 aromatic heterocycles. The summed E-state index contributed by atoms with van der Waals surface area (Å²) in [6.45, 7) is 0.289. The molecule has 0 atom stereocenters. The van der Waals surface area contributed by atoms with Gasteiger partial charge < -0.3 is 5.32 Å². The molecule has 1 fully saturated rings. The van der Waals surface area contributed by atoms with Gasteiger partial charge in [0.05, 0.1) is 0 Å². The molecule has 1 saturated carbocycles. The van der Waals surface area contributed by atoms with Crippen molar-refractivity contribution in [3.8, 4) is 0 Å².